The van der Waals surface area contributed by atoms with E-state index in [2.05, 4.69) is 15.4 Å². The van der Waals surface area contributed by atoms with E-state index in [9.17, 15) is 37.4 Å². The van der Waals surface area contributed by atoms with Gasteiger partial charge >= 0.3 is 41.7 Å². The van der Waals surface area contributed by atoms with Crippen LogP contribution in [-0.4, -0.2) is 83.7 Å². The number of carbonyl (C=O) groups excluding carboxylic acids is 1. The van der Waals surface area contributed by atoms with Gasteiger partial charge in [0.15, 0.2) is 5.69 Å². The molecule has 1 amide bonds. The van der Waals surface area contributed by atoms with Crippen LogP contribution in [0.3, 0.4) is 0 Å². The first kappa shape index (κ1) is 34.4. The molecule has 9 nitrogen and oxygen atoms in total. The maximum atomic E-state index is 13.6. The number of halogens is 4. The quantitative estimate of drug-likeness (QED) is 0.188. The average molecular weight is 591 g/mol. The van der Waals surface area contributed by atoms with Gasteiger partial charge in [-0.2, -0.15) is 18.3 Å². The fourth-order valence-electron chi connectivity index (χ4n) is 4.26. The Morgan fingerprint density at radius 1 is 1.05 bits per heavy atom. The first-order valence-electron chi connectivity index (χ1n) is 12.5. The molecule has 218 valence electrons. The molecule has 0 saturated heterocycles. The van der Waals surface area contributed by atoms with Gasteiger partial charge in [-0.1, -0.05) is 19.9 Å². The van der Waals surface area contributed by atoms with Crippen LogP contribution in [0.25, 0.3) is 5.69 Å². The number of aliphatic hydroxyl groups excluding tert-OH is 2. The van der Waals surface area contributed by atoms with Crippen molar-refractivity contribution in [2.45, 2.75) is 70.4 Å². The van der Waals surface area contributed by atoms with Crippen molar-refractivity contribution in [1.29, 1.82) is 0 Å². The number of benzene rings is 1. The maximum absolute atomic E-state index is 13.6. The number of hydrogen-bond donors (Lipinski definition) is 4. The monoisotopic (exact) mass is 590 g/mol. The summed E-state index contributed by atoms with van der Waals surface area (Å²) in [6.07, 6.45) is -6.22. The fraction of sp³-hybridized carbons (Fsp3) is 0.407. The molecule has 4 N–H and O–H groups in total. The van der Waals surface area contributed by atoms with E-state index < -0.39 is 48.2 Å². The molecule has 3 aromatic rings. The Labute approximate surface area is 255 Å². The molecule has 1 aromatic carbocycles. The van der Waals surface area contributed by atoms with Crippen molar-refractivity contribution in [3.8, 4) is 5.69 Å². The standard InChI is InChI=1S/C27H30F4N4O5.Na.H/c1-15(2)24-21(9-8-19(36)11-20(37)12-23(38)39)35(18-6-4-17(28)5-7-18)34-25(24)26(40)33-14-16-3-10-22(32-13-16)27(29,30)31;;/h3-7,10,13,15,19-20,36-37H,8-9,11-12,14H2,1-2H3,(H,33,40)(H,38,39);;/t19-,20-;;/m1../s1. The van der Waals surface area contributed by atoms with Gasteiger partial charge in [0.25, 0.3) is 5.91 Å². The molecule has 14 heteroatoms. The number of carbonyl (C=O) groups is 2. The molecule has 2 heterocycles. The van der Waals surface area contributed by atoms with Crippen LogP contribution in [-0.2, 0) is 23.9 Å². The third-order valence-electron chi connectivity index (χ3n) is 6.12. The van der Waals surface area contributed by atoms with Gasteiger partial charge in [-0.25, -0.2) is 9.07 Å². The molecule has 0 aliphatic heterocycles. The average Bonchev–Trinajstić information content (AvgIpc) is 3.25. The van der Waals surface area contributed by atoms with Crippen LogP contribution >= 0.6 is 0 Å². The molecule has 3 rings (SSSR count). The number of pyridine rings is 1. The molecular formula is C27H31F4N4NaO5. The van der Waals surface area contributed by atoms with Gasteiger partial charge in [0.1, 0.15) is 11.5 Å². The number of nitrogens with one attached hydrogen (secondary N) is 1. The Kier molecular flexibility index (Phi) is 12.5. The molecule has 2 aromatic heterocycles. The minimum atomic E-state index is -4.58. The van der Waals surface area contributed by atoms with Gasteiger partial charge in [-0.3, -0.25) is 14.6 Å². The van der Waals surface area contributed by atoms with Crippen LogP contribution in [0.1, 0.15) is 72.0 Å². The summed E-state index contributed by atoms with van der Waals surface area (Å²) in [5.74, 6) is -2.50. The number of alkyl halides is 3. The van der Waals surface area contributed by atoms with Gasteiger partial charge in [0.05, 0.1) is 24.3 Å². The van der Waals surface area contributed by atoms with Crippen LogP contribution in [0.5, 0.6) is 0 Å². The summed E-state index contributed by atoms with van der Waals surface area (Å²) < 4.78 is 53.4. The van der Waals surface area contributed by atoms with Gasteiger partial charge < -0.3 is 20.6 Å². The Morgan fingerprint density at radius 3 is 2.24 bits per heavy atom. The van der Waals surface area contributed by atoms with Crippen molar-refractivity contribution in [2.75, 3.05) is 0 Å². The third-order valence-corrected chi connectivity index (χ3v) is 6.12. The number of rotatable bonds is 12. The molecule has 0 unspecified atom stereocenters. The predicted molar refractivity (Wildman–Crippen MR) is 142 cm³/mol. The molecule has 0 aliphatic rings. The second-order valence-electron chi connectivity index (χ2n) is 9.66. The van der Waals surface area contributed by atoms with Gasteiger partial charge in [0.2, 0.25) is 0 Å². The summed E-state index contributed by atoms with van der Waals surface area (Å²) in [4.78, 5) is 27.4. The van der Waals surface area contributed by atoms with Crippen LogP contribution in [0.15, 0.2) is 42.6 Å². The number of aliphatic carboxylic acids is 1. The van der Waals surface area contributed by atoms with Crippen molar-refractivity contribution in [2.24, 2.45) is 0 Å². The summed E-state index contributed by atoms with van der Waals surface area (Å²) in [7, 11) is 0. The SMILES string of the molecule is CC(C)c1c(C(=O)NCc2ccc(C(F)(F)F)nc2)nn(-c2ccc(F)cc2)c1CC[C@@H](O)C[C@@H](O)CC(=O)O.[NaH]. The molecule has 0 aliphatic carbocycles. The zero-order chi connectivity index (χ0) is 29.6. The zero-order valence-electron chi connectivity index (χ0n) is 21.8. The van der Waals surface area contributed by atoms with E-state index in [0.29, 0.717) is 22.5 Å². The van der Waals surface area contributed by atoms with E-state index >= 15 is 0 Å². The van der Waals surface area contributed by atoms with Crippen molar-refractivity contribution in [1.82, 2.24) is 20.1 Å². The van der Waals surface area contributed by atoms with E-state index in [1.54, 1.807) is 0 Å². The predicted octanol–water partition coefficient (Wildman–Crippen LogP) is 3.35. The first-order valence-corrected chi connectivity index (χ1v) is 12.5. The van der Waals surface area contributed by atoms with Gasteiger partial charge in [-0.05, 0) is 61.1 Å². The zero-order valence-corrected chi connectivity index (χ0v) is 21.8. The minimum absolute atomic E-state index is 0. The van der Waals surface area contributed by atoms with Crippen molar-refractivity contribution >= 4 is 41.4 Å². The summed E-state index contributed by atoms with van der Waals surface area (Å²) in [6.45, 7) is 3.55. The normalized spacial score (nSPS) is 13.0. The van der Waals surface area contributed by atoms with Crippen LogP contribution in [0.4, 0.5) is 17.6 Å². The van der Waals surface area contributed by atoms with E-state index in [-0.39, 0.29) is 67.0 Å². The Balaban J connectivity index is 0.00000588. The number of nitrogens with zero attached hydrogens (tertiary/aromatic N) is 3. The number of aromatic nitrogens is 3. The number of amides is 1. The molecule has 41 heavy (non-hydrogen) atoms. The second-order valence-corrected chi connectivity index (χ2v) is 9.66. The van der Waals surface area contributed by atoms with E-state index in [0.717, 1.165) is 12.3 Å². The molecule has 0 radical (unpaired) electrons. The van der Waals surface area contributed by atoms with Crippen LogP contribution in [0.2, 0.25) is 0 Å². The van der Waals surface area contributed by atoms with E-state index in [1.165, 1.54) is 35.0 Å². The molecule has 0 fully saturated rings. The van der Waals surface area contributed by atoms with Gasteiger partial charge in [-0.15, -0.1) is 0 Å². The van der Waals surface area contributed by atoms with Crippen molar-refractivity contribution in [3.63, 3.8) is 0 Å². The third kappa shape index (κ3) is 9.60. The van der Waals surface area contributed by atoms with Crippen LogP contribution in [0, 0.1) is 5.82 Å². The fourth-order valence-corrected chi connectivity index (χ4v) is 4.26. The van der Waals surface area contributed by atoms with Crippen molar-refractivity contribution < 1.29 is 42.5 Å². The van der Waals surface area contributed by atoms with E-state index in [1.807, 2.05) is 13.8 Å². The van der Waals surface area contributed by atoms with Gasteiger partial charge in [0, 0.05) is 24.0 Å². The van der Waals surface area contributed by atoms with E-state index in [4.69, 9.17) is 5.11 Å². The number of carboxylic acid groups (broad SMARTS) is 1. The Bertz CT molecular complexity index is 1310. The molecule has 2 atom stereocenters. The molecule has 0 spiro atoms. The Morgan fingerprint density at radius 2 is 1.71 bits per heavy atom. The van der Waals surface area contributed by atoms with Crippen LogP contribution < -0.4 is 5.32 Å². The molecular weight excluding hydrogens is 559 g/mol. The second kappa shape index (κ2) is 14.9. The summed E-state index contributed by atoms with van der Waals surface area (Å²) in [5, 5.41) is 36.3. The summed E-state index contributed by atoms with van der Waals surface area (Å²) in [6, 6.07) is 7.43. The van der Waals surface area contributed by atoms with Crippen molar-refractivity contribution in [3.05, 3.63) is 76.6 Å². The molecule has 0 saturated carbocycles. The summed E-state index contributed by atoms with van der Waals surface area (Å²) >= 11 is 0. The number of carboxylic acids is 1. The summed E-state index contributed by atoms with van der Waals surface area (Å²) in [5.41, 5.74) is 0.887. The Hall–Kier alpha value is -2.84. The number of aliphatic hydroxyl groups is 2. The molecule has 0 bridgehead atoms. The first-order chi connectivity index (χ1) is 18.8. The number of hydrogen-bond acceptors (Lipinski definition) is 6. The topological polar surface area (TPSA) is 138 Å².